The average molecular weight is 385 g/mol. The topological polar surface area (TPSA) is 119 Å². The predicted molar refractivity (Wildman–Crippen MR) is 106 cm³/mol. The Labute approximate surface area is 162 Å². The maximum Gasteiger partial charge on any atom is 0.245 e. The van der Waals surface area contributed by atoms with Gasteiger partial charge in [-0.2, -0.15) is 0 Å². The number of carbonyl (C=O) groups is 3. The molecule has 3 amide bonds. The van der Waals surface area contributed by atoms with Crippen LogP contribution >= 0.6 is 0 Å². The zero-order chi connectivity index (χ0) is 21.2. The molecule has 0 spiro atoms. The van der Waals surface area contributed by atoms with E-state index < -0.39 is 23.6 Å². The van der Waals surface area contributed by atoms with E-state index in [9.17, 15) is 14.4 Å². The Morgan fingerprint density at radius 2 is 1.78 bits per heavy atom. The second-order valence-electron chi connectivity index (χ2n) is 7.28. The molecule has 8 heteroatoms. The Kier molecular flexibility index (Phi) is 10.9. The first-order chi connectivity index (χ1) is 12.5. The first-order valence-corrected chi connectivity index (χ1v) is 9.28. The molecule has 156 valence electrons. The van der Waals surface area contributed by atoms with Gasteiger partial charge in [0.25, 0.3) is 0 Å². The Bertz CT molecular complexity index is 522. The monoisotopic (exact) mass is 384 g/mol. The lowest BCUT2D eigenvalue weighted by atomic mass is 9.96. The van der Waals surface area contributed by atoms with Crippen molar-refractivity contribution in [3.63, 3.8) is 0 Å². The van der Waals surface area contributed by atoms with Gasteiger partial charge in [-0.3, -0.25) is 14.4 Å². The van der Waals surface area contributed by atoms with E-state index in [1.54, 1.807) is 13.1 Å². The van der Waals surface area contributed by atoms with Crippen LogP contribution in [0.15, 0.2) is 12.7 Å². The van der Waals surface area contributed by atoms with E-state index in [4.69, 9.17) is 16.2 Å². The van der Waals surface area contributed by atoms with Crippen molar-refractivity contribution < 1.29 is 19.1 Å². The third-order valence-electron chi connectivity index (χ3n) is 4.47. The SMILES string of the molecule is C=CCOC(C)(C)C[C@@H](C(N)=O)N(C)C(=O)C(CCN)N(C)C(=O)CCC. The molecule has 27 heavy (non-hydrogen) atoms. The van der Waals surface area contributed by atoms with Crippen molar-refractivity contribution in [2.24, 2.45) is 11.5 Å². The number of rotatable bonds is 13. The van der Waals surface area contributed by atoms with Crippen LogP contribution in [0.2, 0.25) is 0 Å². The molecule has 0 aromatic heterocycles. The molecule has 0 radical (unpaired) electrons. The van der Waals surface area contributed by atoms with Crippen LogP contribution < -0.4 is 11.5 Å². The van der Waals surface area contributed by atoms with Crippen molar-refractivity contribution in [1.29, 1.82) is 0 Å². The normalized spacial score (nSPS) is 13.6. The van der Waals surface area contributed by atoms with Gasteiger partial charge >= 0.3 is 0 Å². The summed E-state index contributed by atoms with van der Waals surface area (Å²) in [5.74, 6) is -1.13. The summed E-state index contributed by atoms with van der Waals surface area (Å²) in [6.07, 6.45) is 3.16. The summed E-state index contributed by atoms with van der Waals surface area (Å²) in [6.45, 7) is 9.70. The molecule has 0 fully saturated rings. The summed E-state index contributed by atoms with van der Waals surface area (Å²) in [6, 6.07) is -1.61. The van der Waals surface area contributed by atoms with Gasteiger partial charge in [0.2, 0.25) is 17.7 Å². The minimum Gasteiger partial charge on any atom is -0.371 e. The van der Waals surface area contributed by atoms with Gasteiger partial charge in [0.1, 0.15) is 12.1 Å². The number of amides is 3. The second-order valence-corrected chi connectivity index (χ2v) is 7.28. The van der Waals surface area contributed by atoms with Crippen LogP contribution in [0, 0.1) is 0 Å². The highest BCUT2D eigenvalue weighted by Gasteiger charge is 2.36. The fraction of sp³-hybridized carbons (Fsp3) is 0.737. The first kappa shape index (κ1) is 25.1. The van der Waals surface area contributed by atoms with Gasteiger partial charge in [-0.15, -0.1) is 6.58 Å². The summed E-state index contributed by atoms with van der Waals surface area (Å²) in [4.78, 5) is 40.0. The average Bonchev–Trinajstić information content (AvgIpc) is 2.60. The quantitative estimate of drug-likeness (QED) is 0.452. The number of ether oxygens (including phenoxy) is 1. The van der Waals surface area contributed by atoms with E-state index in [2.05, 4.69) is 6.58 Å². The molecule has 8 nitrogen and oxygen atoms in total. The van der Waals surface area contributed by atoms with Gasteiger partial charge in [-0.1, -0.05) is 13.0 Å². The van der Waals surface area contributed by atoms with Crippen molar-refractivity contribution in [2.45, 2.75) is 64.1 Å². The third kappa shape index (κ3) is 8.09. The van der Waals surface area contributed by atoms with E-state index in [-0.39, 0.29) is 24.8 Å². The van der Waals surface area contributed by atoms with Crippen LogP contribution in [0.4, 0.5) is 0 Å². The lowest BCUT2D eigenvalue weighted by molar-refractivity contribution is -0.148. The van der Waals surface area contributed by atoms with Crippen molar-refractivity contribution >= 4 is 17.7 Å². The standard InChI is InChI=1S/C19H36N4O4/c1-7-9-16(24)22(5)14(10-11-20)18(26)23(6)15(17(21)25)13-19(3,4)27-12-8-2/h8,14-15H,2,7,9-13,20H2,1,3-6H3,(H2,21,25)/t14?,15-/m0/s1. The Hall–Kier alpha value is -1.93. The Morgan fingerprint density at radius 1 is 1.19 bits per heavy atom. The summed E-state index contributed by atoms with van der Waals surface area (Å²) >= 11 is 0. The molecule has 0 aliphatic heterocycles. The van der Waals surface area contributed by atoms with Crippen LogP contribution in [0.3, 0.4) is 0 Å². The fourth-order valence-corrected chi connectivity index (χ4v) is 2.83. The van der Waals surface area contributed by atoms with Crippen LogP contribution in [0.5, 0.6) is 0 Å². The van der Waals surface area contributed by atoms with Crippen molar-refractivity contribution in [3.8, 4) is 0 Å². The molecular weight excluding hydrogens is 348 g/mol. The molecule has 0 saturated carbocycles. The van der Waals surface area contributed by atoms with Crippen LogP contribution in [-0.4, -0.2) is 72.5 Å². The minimum atomic E-state index is -0.868. The summed E-state index contributed by atoms with van der Waals surface area (Å²) in [5.41, 5.74) is 10.5. The predicted octanol–water partition coefficient (Wildman–Crippen LogP) is 0.646. The molecule has 1 unspecified atom stereocenters. The number of hydrogen-bond donors (Lipinski definition) is 2. The maximum atomic E-state index is 13.0. The first-order valence-electron chi connectivity index (χ1n) is 9.28. The molecule has 0 saturated heterocycles. The molecule has 4 N–H and O–H groups in total. The number of nitrogens with zero attached hydrogens (tertiary/aromatic N) is 2. The Balaban J connectivity index is 5.45. The van der Waals surface area contributed by atoms with Gasteiger partial charge in [-0.25, -0.2) is 0 Å². The summed E-state index contributed by atoms with van der Waals surface area (Å²) in [5, 5.41) is 0. The number of hydrogen-bond acceptors (Lipinski definition) is 5. The highest BCUT2D eigenvalue weighted by molar-refractivity contribution is 5.91. The molecule has 2 atom stereocenters. The zero-order valence-corrected chi connectivity index (χ0v) is 17.4. The molecule has 0 heterocycles. The highest BCUT2D eigenvalue weighted by atomic mass is 16.5. The number of nitrogens with two attached hydrogens (primary N) is 2. The highest BCUT2D eigenvalue weighted by Crippen LogP contribution is 2.21. The van der Waals surface area contributed by atoms with E-state index in [0.717, 1.165) is 0 Å². The van der Waals surface area contributed by atoms with Gasteiger partial charge < -0.3 is 26.0 Å². The summed E-state index contributed by atoms with van der Waals surface area (Å²) < 4.78 is 5.67. The smallest absolute Gasteiger partial charge is 0.245 e. The lowest BCUT2D eigenvalue weighted by Gasteiger charge is -2.36. The largest absolute Gasteiger partial charge is 0.371 e. The van der Waals surface area contributed by atoms with Gasteiger partial charge in [0.15, 0.2) is 0 Å². The van der Waals surface area contributed by atoms with Crippen LogP contribution in [-0.2, 0) is 19.1 Å². The van der Waals surface area contributed by atoms with Gasteiger partial charge in [-0.05, 0) is 33.2 Å². The van der Waals surface area contributed by atoms with E-state index >= 15 is 0 Å². The molecule has 0 aromatic carbocycles. The van der Waals surface area contributed by atoms with E-state index in [1.165, 1.54) is 16.8 Å². The van der Waals surface area contributed by atoms with Crippen molar-refractivity contribution in [3.05, 3.63) is 12.7 Å². The van der Waals surface area contributed by atoms with Gasteiger partial charge in [0.05, 0.1) is 12.2 Å². The van der Waals surface area contributed by atoms with E-state index in [0.29, 0.717) is 25.9 Å². The number of carbonyl (C=O) groups excluding carboxylic acids is 3. The third-order valence-corrected chi connectivity index (χ3v) is 4.47. The minimum absolute atomic E-state index is 0.136. The second kappa shape index (κ2) is 11.7. The van der Waals surface area contributed by atoms with E-state index in [1.807, 2.05) is 20.8 Å². The van der Waals surface area contributed by atoms with Crippen molar-refractivity contribution in [2.75, 3.05) is 27.2 Å². The van der Waals surface area contributed by atoms with Crippen molar-refractivity contribution in [1.82, 2.24) is 9.80 Å². The Morgan fingerprint density at radius 3 is 2.22 bits per heavy atom. The van der Waals surface area contributed by atoms with Crippen LogP contribution in [0.1, 0.15) is 46.5 Å². The molecule has 0 rings (SSSR count). The molecule has 0 aliphatic carbocycles. The molecule has 0 aromatic rings. The molecule has 0 bridgehead atoms. The van der Waals surface area contributed by atoms with Gasteiger partial charge in [0, 0.05) is 26.9 Å². The number of primary amides is 1. The maximum absolute atomic E-state index is 13.0. The zero-order valence-electron chi connectivity index (χ0n) is 17.4. The fourth-order valence-electron chi connectivity index (χ4n) is 2.83. The summed E-state index contributed by atoms with van der Waals surface area (Å²) in [7, 11) is 3.10. The van der Waals surface area contributed by atoms with Crippen LogP contribution in [0.25, 0.3) is 0 Å². The number of likely N-dealkylation sites (N-methyl/N-ethyl adjacent to an activating group) is 2. The molecule has 0 aliphatic rings. The molecular formula is C19H36N4O4. The lowest BCUT2D eigenvalue weighted by Crippen LogP contribution is -2.56.